The second kappa shape index (κ2) is 7.51. The highest BCUT2D eigenvalue weighted by Gasteiger charge is 2.36. The number of nitrogens with zero attached hydrogens (tertiary/aromatic N) is 2. The third kappa shape index (κ3) is 3.61. The van der Waals surface area contributed by atoms with Crippen LogP contribution in [-0.2, 0) is 21.2 Å². The van der Waals surface area contributed by atoms with E-state index in [2.05, 4.69) is 5.16 Å². The minimum Gasteiger partial charge on any atom is -0.410 e. The maximum atomic E-state index is 12.9. The quantitative estimate of drug-likeness (QED) is 0.641. The van der Waals surface area contributed by atoms with E-state index in [-0.39, 0.29) is 16.5 Å². The second-order valence-electron chi connectivity index (χ2n) is 5.90. The van der Waals surface area contributed by atoms with Gasteiger partial charge in [0.25, 0.3) is 15.9 Å². The van der Waals surface area contributed by atoms with Crippen molar-refractivity contribution < 1.29 is 18.4 Å². The van der Waals surface area contributed by atoms with Gasteiger partial charge >= 0.3 is 0 Å². The third-order valence-electron chi connectivity index (χ3n) is 4.09. The fourth-order valence-corrected chi connectivity index (χ4v) is 5.37. The van der Waals surface area contributed by atoms with Crippen molar-refractivity contribution in [1.29, 1.82) is 0 Å². The van der Waals surface area contributed by atoms with Crippen LogP contribution in [0.5, 0.6) is 0 Å². The van der Waals surface area contributed by atoms with Gasteiger partial charge in [0, 0.05) is 12.3 Å². The Kier molecular flexibility index (Phi) is 5.33. The number of carbonyl (C=O) groups is 1. The van der Waals surface area contributed by atoms with Crippen molar-refractivity contribution in [2.75, 3.05) is 12.3 Å². The molecule has 1 fully saturated rings. The molecule has 0 saturated carbocycles. The Bertz CT molecular complexity index is 956. The number of amides is 1. The van der Waals surface area contributed by atoms with Crippen molar-refractivity contribution in [3.8, 4) is 0 Å². The van der Waals surface area contributed by atoms with Crippen LogP contribution in [0.3, 0.4) is 0 Å². The number of carbonyl (C=O) groups excluding carboxylic acids is 1. The van der Waals surface area contributed by atoms with Gasteiger partial charge in [0.2, 0.25) is 5.04 Å². The molecule has 0 aliphatic carbocycles. The SMILES string of the molecule is Cc1cc(Cc2ccccc2)ccc1S(=O)(=O)N1CCSC(=NO)C1=O. The van der Waals surface area contributed by atoms with E-state index in [1.54, 1.807) is 13.0 Å². The van der Waals surface area contributed by atoms with Gasteiger partial charge in [-0.25, -0.2) is 12.7 Å². The number of aryl methyl sites for hydroxylation is 1. The summed E-state index contributed by atoms with van der Waals surface area (Å²) in [6.45, 7) is 1.77. The van der Waals surface area contributed by atoms with Crippen molar-refractivity contribution in [3.63, 3.8) is 0 Å². The highest BCUT2D eigenvalue weighted by Crippen LogP contribution is 2.26. The first-order valence-electron chi connectivity index (χ1n) is 7.99. The lowest BCUT2D eigenvalue weighted by Gasteiger charge is -2.26. The van der Waals surface area contributed by atoms with Crippen molar-refractivity contribution in [3.05, 3.63) is 65.2 Å². The lowest BCUT2D eigenvalue weighted by Crippen LogP contribution is -2.45. The predicted octanol–water partition coefficient (Wildman–Crippen LogP) is 2.64. The molecule has 0 unspecified atom stereocenters. The Morgan fingerprint density at radius 3 is 2.54 bits per heavy atom. The molecule has 0 atom stereocenters. The molecule has 1 heterocycles. The standard InChI is InChI=1S/C18H18N2O4S2/c1-13-11-15(12-14-5-3-2-4-6-14)7-8-16(13)26(23,24)20-9-10-25-17(19-22)18(20)21/h2-8,11,22H,9-10,12H2,1H3. The summed E-state index contributed by atoms with van der Waals surface area (Å²) in [6.07, 6.45) is 0.697. The molecule has 136 valence electrons. The van der Waals surface area contributed by atoms with E-state index in [4.69, 9.17) is 5.21 Å². The number of thioether (sulfide) groups is 1. The number of benzene rings is 2. The summed E-state index contributed by atoms with van der Waals surface area (Å²) in [6, 6.07) is 15.0. The molecule has 3 rings (SSSR count). The highest BCUT2D eigenvalue weighted by molar-refractivity contribution is 8.16. The molecule has 26 heavy (non-hydrogen) atoms. The number of rotatable bonds is 4. The fraction of sp³-hybridized carbons (Fsp3) is 0.222. The second-order valence-corrected chi connectivity index (χ2v) is 8.81. The molecule has 1 N–H and O–H groups in total. The van der Waals surface area contributed by atoms with E-state index < -0.39 is 15.9 Å². The van der Waals surface area contributed by atoms with Gasteiger partial charge in [-0.15, -0.1) is 0 Å². The van der Waals surface area contributed by atoms with Crippen LogP contribution < -0.4 is 0 Å². The summed E-state index contributed by atoms with van der Waals surface area (Å²) in [4.78, 5) is 12.3. The average Bonchev–Trinajstić information content (AvgIpc) is 2.62. The van der Waals surface area contributed by atoms with Gasteiger partial charge in [0.05, 0.1) is 4.90 Å². The van der Waals surface area contributed by atoms with Crippen LogP contribution in [0.2, 0.25) is 0 Å². The largest absolute Gasteiger partial charge is 0.410 e. The molecule has 2 aromatic carbocycles. The first-order valence-corrected chi connectivity index (χ1v) is 10.4. The molecule has 1 saturated heterocycles. The van der Waals surface area contributed by atoms with Crippen molar-refractivity contribution in [2.45, 2.75) is 18.2 Å². The maximum absolute atomic E-state index is 12.9. The molecule has 0 spiro atoms. The molecule has 2 aromatic rings. The predicted molar refractivity (Wildman–Crippen MR) is 101 cm³/mol. The number of oxime groups is 1. The summed E-state index contributed by atoms with van der Waals surface area (Å²) >= 11 is 1.04. The summed E-state index contributed by atoms with van der Waals surface area (Å²) in [5.41, 5.74) is 2.70. The Balaban J connectivity index is 1.90. The first kappa shape index (κ1) is 18.5. The molecule has 1 amide bonds. The van der Waals surface area contributed by atoms with Gasteiger partial charge in [0.1, 0.15) is 0 Å². The summed E-state index contributed by atoms with van der Waals surface area (Å²) in [5.74, 6) is -0.438. The van der Waals surface area contributed by atoms with Crippen molar-refractivity contribution in [2.24, 2.45) is 5.16 Å². The molecule has 1 aliphatic rings. The van der Waals surface area contributed by atoms with Crippen LogP contribution >= 0.6 is 11.8 Å². The number of sulfonamides is 1. The molecule has 8 heteroatoms. The van der Waals surface area contributed by atoms with Gasteiger partial charge in [-0.1, -0.05) is 59.4 Å². The first-order chi connectivity index (χ1) is 12.4. The van der Waals surface area contributed by atoms with Crippen molar-refractivity contribution in [1.82, 2.24) is 4.31 Å². The Morgan fingerprint density at radius 2 is 1.88 bits per heavy atom. The minimum atomic E-state index is -4.00. The Morgan fingerprint density at radius 1 is 1.15 bits per heavy atom. The lowest BCUT2D eigenvalue weighted by molar-refractivity contribution is -0.119. The monoisotopic (exact) mass is 390 g/mol. The molecular formula is C18H18N2O4S2. The van der Waals surface area contributed by atoms with Gasteiger partial charge in [-0.05, 0) is 36.1 Å². The molecule has 0 aromatic heterocycles. The van der Waals surface area contributed by atoms with Gasteiger partial charge in [-0.3, -0.25) is 4.79 Å². The summed E-state index contributed by atoms with van der Waals surface area (Å²) in [7, 11) is -4.00. The molecular weight excluding hydrogens is 372 g/mol. The van der Waals surface area contributed by atoms with Crippen LogP contribution in [0.1, 0.15) is 16.7 Å². The lowest BCUT2D eigenvalue weighted by atomic mass is 10.0. The minimum absolute atomic E-state index is 0.0516. The fourth-order valence-electron chi connectivity index (χ4n) is 2.86. The van der Waals surface area contributed by atoms with E-state index in [1.807, 2.05) is 36.4 Å². The normalized spacial score (nSPS) is 16.9. The van der Waals surface area contributed by atoms with Gasteiger partial charge in [-0.2, -0.15) is 0 Å². The smallest absolute Gasteiger partial charge is 0.296 e. The molecule has 6 nitrogen and oxygen atoms in total. The summed E-state index contributed by atoms with van der Waals surface area (Å²) < 4.78 is 26.6. The molecule has 0 radical (unpaired) electrons. The number of hydrogen-bond acceptors (Lipinski definition) is 6. The zero-order chi connectivity index (χ0) is 18.7. The Hall–Kier alpha value is -2.32. The van der Waals surface area contributed by atoms with E-state index in [0.29, 0.717) is 17.7 Å². The average molecular weight is 390 g/mol. The molecule has 0 bridgehead atoms. The summed E-state index contributed by atoms with van der Waals surface area (Å²) in [5, 5.41) is 11.6. The number of hydrogen-bond donors (Lipinski definition) is 1. The van der Waals surface area contributed by atoms with Crippen LogP contribution in [0.25, 0.3) is 0 Å². The molecule has 1 aliphatic heterocycles. The van der Waals surface area contributed by atoms with Crippen molar-refractivity contribution >= 4 is 32.7 Å². The Labute approximate surface area is 156 Å². The maximum Gasteiger partial charge on any atom is 0.296 e. The van der Waals surface area contributed by atoms with Crippen LogP contribution in [0.15, 0.2) is 58.6 Å². The van der Waals surface area contributed by atoms with Crippen LogP contribution in [0, 0.1) is 6.92 Å². The van der Waals surface area contributed by atoms with E-state index in [1.165, 1.54) is 6.07 Å². The van der Waals surface area contributed by atoms with E-state index in [0.717, 1.165) is 27.2 Å². The van der Waals surface area contributed by atoms with E-state index in [9.17, 15) is 13.2 Å². The van der Waals surface area contributed by atoms with Gasteiger partial charge < -0.3 is 5.21 Å². The van der Waals surface area contributed by atoms with Crippen LogP contribution in [-0.4, -0.2) is 41.2 Å². The highest BCUT2D eigenvalue weighted by atomic mass is 32.2. The zero-order valence-corrected chi connectivity index (χ0v) is 15.8. The zero-order valence-electron chi connectivity index (χ0n) is 14.1. The van der Waals surface area contributed by atoms with Gasteiger partial charge in [0.15, 0.2) is 0 Å². The van der Waals surface area contributed by atoms with E-state index >= 15 is 0 Å². The van der Waals surface area contributed by atoms with Crippen LogP contribution in [0.4, 0.5) is 0 Å². The topological polar surface area (TPSA) is 87.0 Å². The third-order valence-corrected chi connectivity index (χ3v) is 6.95.